The van der Waals surface area contributed by atoms with E-state index >= 15 is 0 Å². The number of halogens is 2. The third kappa shape index (κ3) is 4.70. The zero-order valence-corrected chi connectivity index (χ0v) is 12.3. The van der Waals surface area contributed by atoms with Gasteiger partial charge in [-0.3, -0.25) is 4.79 Å². The Kier molecular flexibility index (Phi) is 5.56. The van der Waals surface area contributed by atoms with Crippen LogP contribution in [0.25, 0.3) is 0 Å². The lowest BCUT2D eigenvalue weighted by Crippen LogP contribution is -2.38. The second kappa shape index (κ2) is 7.41. The van der Waals surface area contributed by atoms with Crippen LogP contribution >= 0.6 is 11.6 Å². The van der Waals surface area contributed by atoms with Gasteiger partial charge in [-0.25, -0.2) is 9.18 Å². The number of carbonyl (C=O) groups excluding carboxylic acids is 2. The normalized spacial score (nSPS) is 15.5. The number of amides is 1. The Balaban J connectivity index is 1.82. The van der Waals surface area contributed by atoms with E-state index in [1.165, 1.54) is 12.5 Å². The van der Waals surface area contributed by atoms with Gasteiger partial charge in [0.1, 0.15) is 5.82 Å². The van der Waals surface area contributed by atoms with Gasteiger partial charge in [0.2, 0.25) is 0 Å². The van der Waals surface area contributed by atoms with Crippen LogP contribution in [0, 0.1) is 5.82 Å². The smallest absolute Gasteiger partial charge is 0.340 e. The molecule has 0 unspecified atom stereocenters. The molecule has 1 aliphatic rings. The zero-order valence-electron chi connectivity index (χ0n) is 11.5. The molecule has 0 atom stereocenters. The summed E-state index contributed by atoms with van der Waals surface area (Å²) in [5, 5.41) is 2.92. The monoisotopic (exact) mass is 313 g/mol. The standard InChI is InChI=1S/C15H17ClFNO3/c16-13-7-6-10(17)8-12(13)15(20)21-9-14(19)18-11-4-2-1-3-5-11/h6-8,11H,1-5,9H2,(H,18,19). The molecule has 0 radical (unpaired) electrons. The first-order chi connectivity index (χ1) is 10.1. The number of rotatable bonds is 4. The first kappa shape index (κ1) is 15.8. The maximum absolute atomic E-state index is 13.1. The minimum atomic E-state index is -0.807. The number of esters is 1. The van der Waals surface area contributed by atoms with E-state index < -0.39 is 11.8 Å². The third-order valence-electron chi connectivity index (χ3n) is 3.45. The van der Waals surface area contributed by atoms with Crippen LogP contribution < -0.4 is 5.32 Å². The minimum absolute atomic E-state index is 0.0814. The van der Waals surface area contributed by atoms with E-state index in [-0.39, 0.29) is 29.1 Å². The van der Waals surface area contributed by atoms with Crippen LogP contribution in [-0.4, -0.2) is 24.5 Å². The molecule has 2 rings (SSSR count). The lowest BCUT2D eigenvalue weighted by Gasteiger charge is -2.22. The van der Waals surface area contributed by atoms with Crippen molar-refractivity contribution in [3.05, 3.63) is 34.6 Å². The minimum Gasteiger partial charge on any atom is -0.452 e. The van der Waals surface area contributed by atoms with Crippen molar-refractivity contribution in [1.82, 2.24) is 5.32 Å². The van der Waals surface area contributed by atoms with E-state index in [0.717, 1.165) is 37.8 Å². The molecule has 1 aromatic rings. The second-order valence-corrected chi connectivity index (χ2v) is 5.51. The van der Waals surface area contributed by atoms with Crippen molar-refractivity contribution in [3.63, 3.8) is 0 Å². The average Bonchev–Trinajstić information content (AvgIpc) is 2.48. The highest BCUT2D eigenvalue weighted by atomic mass is 35.5. The van der Waals surface area contributed by atoms with E-state index in [9.17, 15) is 14.0 Å². The highest BCUT2D eigenvalue weighted by Crippen LogP contribution is 2.18. The van der Waals surface area contributed by atoms with Crippen molar-refractivity contribution in [2.45, 2.75) is 38.1 Å². The number of benzene rings is 1. The molecule has 0 spiro atoms. The number of hydrogen-bond acceptors (Lipinski definition) is 3. The highest BCUT2D eigenvalue weighted by molar-refractivity contribution is 6.33. The lowest BCUT2D eigenvalue weighted by atomic mass is 9.95. The predicted molar refractivity (Wildman–Crippen MR) is 76.7 cm³/mol. The van der Waals surface area contributed by atoms with Gasteiger partial charge < -0.3 is 10.1 Å². The van der Waals surface area contributed by atoms with Gasteiger partial charge >= 0.3 is 5.97 Å². The molecule has 21 heavy (non-hydrogen) atoms. The fourth-order valence-electron chi connectivity index (χ4n) is 2.38. The summed E-state index contributed by atoms with van der Waals surface area (Å²) in [6.07, 6.45) is 5.30. The second-order valence-electron chi connectivity index (χ2n) is 5.10. The Morgan fingerprint density at radius 3 is 2.71 bits per heavy atom. The summed E-state index contributed by atoms with van der Waals surface area (Å²) in [4.78, 5) is 23.5. The third-order valence-corrected chi connectivity index (χ3v) is 3.78. The molecule has 0 aromatic heterocycles. The first-order valence-electron chi connectivity index (χ1n) is 6.98. The molecule has 1 fully saturated rings. The van der Waals surface area contributed by atoms with Crippen LogP contribution in [0.3, 0.4) is 0 Å². The van der Waals surface area contributed by atoms with Crippen LogP contribution in [0.15, 0.2) is 18.2 Å². The molecule has 1 saturated carbocycles. The van der Waals surface area contributed by atoms with Gasteiger partial charge in [0.15, 0.2) is 6.61 Å². The topological polar surface area (TPSA) is 55.4 Å². The summed E-state index contributed by atoms with van der Waals surface area (Å²) >= 11 is 5.79. The molecular weight excluding hydrogens is 297 g/mol. The summed E-state index contributed by atoms with van der Waals surface area (Å²) in [5.41, 5.74) is -0.0814. The van der Waals surface area contributed by atoms with Gasteiger partial charge in [0.05, 0.1) is 10.6 Å². The largest absolute Gasteiger partial charge is 0.452 e. The van der Waals surface area contributed by atoms with Crippen molar-refractivity contribution in [1.29, 1.82) is 0 Å². The Hall–Kier alpha value is -1.62. The van der Waals surface area contributed by atoms with Crippen LogP contribution in [-0.2, 0) is 9.53 Å². The average molecular weight is 314 g/mol. The Bertz CT molecular complexity index is 530. The summed E-state index contributed by atoms with van der Waals surface area (Å²) in [7, 11) is 0. The molecular formula is C15H17ClFNO3. The molecule has 1 aromatic carbocycles. The quantitative estimate of drug-likeness (QED) is 0.869. The number of carbonyl (C=O) groups is 2. The fraction of sp³-hybridized carbons (Fsp3) is 0.467. The Labute approximate surface area is 127 Å². The fourth-order valence-corrected chi connectivity index (χ4v) is 2.57. The van der Waals surface area contributed by atoms with Crippen molar-refractivity contribution in [3.8, 4) is 0 Å². The summed E-state index contributed by atoms with van der Waals surface area (Å²) in [6, 6.07) is 3.57. The van der Waals surface area contributed by atoms with Gasteiger partial charge in [-0.05, 0) is 31.0 Å². The zero-order chi connectivity index (χ0) is 15.2. The molecule has 0 heterocycles. The maximum Gasteiger partial charge on any atom is 0.340 e. The van der Waals surface area contributed by atoms with Gasteiger partial charge in [0.25, 0.3) is 5.91 Å². The number of nitrogens with one attached hydrogen (secondary N) is 1. The summed E-state index contributed by atoms with van der Waals surface area (Å²) in [5.74, 6) is -1.74. The molecule has 1 amide bonds. The lowest BCUT2D eigenvalue weighted by molar-refractivity contribution is -0.125. The molecule has 0 saturated heterocycles. The van der Waals surface area contributed by atoms with Gasteiger partial charge in [-0.15, -0.1) is 0 Å². The molecule has 0 bridgehead atoms. The van der Waals surface area contributed by atoms with Gasteiger partial charge in [-0.1, -0.05) is 30.9 Å². The molecule has 1 N–H and O–H groups in total. The predicted octanol–water partition coefficient (Wildman–Crippen LogP) is 3.08. The highest BCUT2D eigenvalue weighted by Gasteiger charge is 2.18. The van der Waals surface area contributed by atoms with Crippen LogP contribution in [0.5, 0.6) is 0 Å². The number of ether oxygens (including phenoxy) is 1. The Morgan fingerprint density at radius 2 is 2.00 bits per heavy atom. The number of hydrogen-bond donors (Lipinski definition) is 1. The van der Waals surface area contributed by atoms with Crippen LogP contribution in [0.1, 0.15) is 42.5 Å². The van der Waals surface area contributed by atoms with E-state index in [0.29, 0.717) is 0 Å². The molecule has 1 aliphatic carbocycles. The van der Waals surface area contributed by atoms with E-state index in [4.69, 9.17) is 16.3 Å². The Morgan fingerprint density at radius 1 is 1.29 bits per heavy atom. The molecule has 0 aliphatic heterocycles. The van der Waals surface area contributed by atoms with Crippen molar-refractivity contribution < 1.29 is 18.7 Å². The van der Waals surface area contributed by atoms with E-state index in [1.807, 2.05) is 0 Å². The molecule has 114 valence electrons. The first-order valence-corrected chi connectivity index (χ1v) is 7.35. The molecule has 6 heteroatoms. The van der Waals surface area contributed by atoms with Crippen LogP contribution in [0.4, 0.5) is 4.39 Å². The maximum atomic E-state index is 13.1. The van der Waals surface area contributed by atoms with E-state index in [1.54, 1.807) is 0 Å². The summed E-state index contributed by atoms with van der Waals surface area (Å²) < 4.78 is 17.9. The van der Waals surface area contributed by atoms with E-state index in [2.05, 4.69) is 5.32 Å². The van der Waals surface area contributed by atoms with Crippen molar-refractivity contribution in [2.75, 3.05) is 6.61 Å². The van der Waals surface area contributed by atoms with Crippen molar-refractivity contribution in [2.24, 2.45) is 0 Å². The van der Waals surface area contributed by atoms with Gasteiger partial charge in [0, 0.05) is 6.04 Å². The summed E-state index contributed by atoms with van der Waals surface area (Å²) in [6.45, 7) is -0.387. The van der Waals surface area contributed by atoms with Crippen molar-refractivity contribution >= 4 is 23.5 Å². The SMILES string of the molecule is O=C(COC(=O)c1cc(F)ccc1Cl)NC1CCCCC1. The van der Waals surface area contributed by atoms with Gasteiger partial charge in [-0.2, -0.15) is 0 Å². The molecule has 4 nitrogen and oxygen atoms in total. The van der Waals surface area contributed by atoms with Crippen LogP contribution in [0.2, 0.25) is 5.02 Å².